The molecule has 14 heavy (non-hydrogen) atoms. The van der Waals surface area contributed by atoms with Gasteiger partial charge in [0, 0.05) is 12.1 Å². The molecule has 2 heteroatoms. The van der Waals surface area contributed by atoms with Crippen molar-refractivity contribution >= 4 is 0 Å². The van der Waals surface area contributed by atoms with Crippen LogP contribution in [0, 0.1) is 5.92 Å². The summed E-state index contributed by atoms with van der Waals surface area (Å²) in [6, 6.07) is 1.14. The van der Waals surface area contributed by atoms with Crippen LogP contribution in [0.2, 0.25) is 0 Å². The van der Waals surface area contributed by atoms with E-state index in [2.05, 4.69) is 25.7 Å². The van der Waals surface area contributed by atoms with E-state index in [-0.39, 0.29) is 0 Å². The number of hydrogen-bond acceptors (Lipinski definition) is 2. The Morgan fingerprint density at radius 1 is 1.36 bits per heavy atom. The number of nitrogens with two attached hydrogens (primary N) is 1. The van der Waals surface area contributed by atoms with Gasteiger partial charge < -0.3 is 10.6 Å². The van der Waals surface area contributed by atoms with Gasteiger partial charge in [-0.3, -0.25) is 0 Å². The fourth-order valence-electron chi connectivity index (χ4n) is 2.33. The van der Waals surface area contributed by atoms with Gasteiger partial charge in [0.2, 0.25) is 0 Å². The van der Waals surface area contributed by atoms with Crippen molar-refractivity contribution in [2.45, 2.75) is 58.5 Å². The van der Waals surface area contributed by atoms with Crippen molar-refractivity contribution in [1.29, 1.82) is 0 Å². The summed E-state index contributed by atoms with van der Waals surface area (Å²) >= 11 is 0. The third-order valence-corrected chi connectivity index (χ3v) is 3.56. The zero-order valence-electron chi connectivity index (χ0n) is 10.00. The van der Waals surface area contributed by atoms with Gasteiger partial charge in [0.1, 0.15) is 0 Å². The van der Waals surface area contributed by atoms with Gasteiger partial charge in [-0.25, -0.2) is 0 Å². The van der Waals surface area contributed by atoms with Gasteiger partial charge in [0.15, 0.2) is 0 Å². The van der Waals surface area contributed by atoms with Crippen molar-refractivity contribution in [2.75, 3.05) is 13.1 Å². The highest BCUT2D eigenvalue weighted by Crippen LogP contribution is 2.21. The SMILES string of the molecule is CCN1CCCCC1CC(N)C(C)C. The van der Waals surface area contributed by atoms with E-state index in [0.29, 0.717) is 12.0 Å². The first-order valence-electron chi connectivity index (χ1n) is 6.14. The molecule has 0 amide bonds. The molecule has 1 saturated heterocycles. The highest BCUT2D eigenvalue weighted by Gasteiger charge is 2.23. The summed E-state index contributed by atoms with van der Waals surface area (Å²) < 4.78 is 0. The molecule has 2 unspecified atom stereocenters. The summed E-state index contributed by atoms with van der Waals surface area (Å²) in [4.78, 5) is 2.60. The Morgan fingerprint density at radius 2 is 2.07 bits per heavy atom. The van der Waals surface area contributed by atoms with Crippen molar-refractivity contribution in [3.05, 3.63) is 0 Å². The number of nitrogens with zero attached hydrogens (tertiary/aromatic N) is 1. The Labute approximate surface area is 88.8 Å². The predicted molar refractivity (Wildman–Crippen MR) is 62.3 cm³/mol. The smallest absolute Gasteiger partial charge is 0.0110 e. The number of rotatable bonds is 4. The maximum atomic E-state index is 6.14. The fraction of sp³-hybridized carbons (Fsp3) is 1.00. The Bertz CT molecular complexity index is 156. The van der Waals surface area contributed by atoms with Crippen LogP contribution in [0.15, 0.2) is 0 Å². The van der Waals surface area contributed by atoms with Gasteiger partial charge in [-0.1, -0.05) is 27.2 Å². The zero-order valence-corrected chi connectivity index (χ0v) is 10.00. The quantitative estimate of drug-likeness (QED) is 0.750. The Balaban J connectivity index is 2.40. The highest BCUT2D eigenvalue weighted by atomic mass is 15.2. The van der Waals surface area contributed by atoms with Crippen molar-refractivity contribution in [2.24, 2.45) is 11.7 Å². The van der Waals surface area contributed by atoms with Crippen LogP contribution in [0.25, 0.3) is 0 Å². The van der Waals surface area contributed by atoms with E-state index in [0.717, 1.165) is 6.04 Å². The molecule has 1 aliphatic rings. The average molecular weight is 198 g/mol. The second-order valence-corrected chi connectivity index (χ2v) is 4.92. The molecule has 2 N–H and O–H groups in total. The van der Waals surface area contributed by atoms with E-state index in [1.165, 1.54) is 38.8 Å². The standard InChI is InChI=1S/C12H26N2/c1-4-14-8-6-5-7-11(14)9-12(13)10(2)3/h10-12H,4-9,13H2,1-3H3. The largest absolute Gasteiger partial charge is 0.327 e. The molecule has 2 nitrogen and oxygen atoms in total. The minimum Gasteiger partial charge on any atom is -0.327 e. The summed E-state index contributed by atoms with van der Waals surface area (Å²) in [5.41, 5.74) is 6.14. The normalized spacial score (nSPS) is 26.8. The molecule has 1 heterocycles. The van der Waals surface area contributed by atoms with E-state index in [9.17, 15) is 0 Å². The van der Waals surface area contributed by atoms with Crippen LogP contribution in [-0.2, 0) is 0 Å². The molecule has 1 fully saturated rings. The second-order valence-electron chi connectivity index (χ2n) is 4.92. The first kappa shape index (κ1) is 12.0. The molecule has 2 atom stereocenters. The monoisotopic (exact) mass is 198 g/mol. The van der Waals surface area contributed by atoms with Crippen LogP contribution in [0.3, 0.4) is 0 Å². The lowest BCUT2D eigenvalue weighted by molar-refractivity contribution is 0.136. The van der Waals surface area contributed by atoms with E-state index in [1.54, 1.807) is 0 Å². The van der Waals surface area contributed by atoms with Crippen LogP contribution in [0.1, 0.15) is 46.5 Å². The fourth-order valence-corrected chi connectivity index (χ4v) is 2.33. The summed E-state index contributed by atoms with van der Waals surface area (Å²) in [6.45, 7) is 9.19. The second kappa shape index (κ2) is 5.72. The molecule has 0 spiro atoms. The number of likely N-dealkylation sites (tertiary alicyclic amines) is 1. The van der Waals surface area contributed by atoms with Gasteiger partial charge in [0.25, 0.3) is 0 Å². The molecular weight excluding hydrogens is 172 g/mol. The highest BCUT2D eigenvalue weighted by molar-refractivity contribution is 4.81. The van der Waals surface area contributed by atoms with Gasteiger partial charge >= 0.3 is 0 Å². The van der Waals surface area contributed by atoms with Gasteiger partial charge in [0.05, 0.1) is 0 Å². The van der Waals surface area contributed by atoms with E-state index in [4.69, 9.17) is 5.73 Å². The van der Waals surface area contributed by atoms with Crippen molar-refractivity contribution < 1.29 is 0 Å². The van der Waals surface area contributed by atoms with Crippen LogP contribution >= 0.6 is 0 Å². The lowest BCUT2D eigenvalue weighted by Gasteiger charge is -2.37. The molecule has 0 radical (unpaired) electrons. The third-order valence-electron chi connectivity index (χ3n) is 3.56. The molecule has 1 aliphatic heterocycles. The van der Waals surface area contributed by atoms with Crippen molar-refractivity contribution in [3.8, 4) is 0 Å². The molecule has 0 saturated carbocycles. The van der Waals surface area contributed by atoms with Gasteiger partial charge in [-0.15, -0.1) is 0 Å². The van der Waals surface area contributed by atoms with E-state index < -0.39 is 0 Å². The Kier molecular flexibility index (Phi) is 4.90. The summed E-state index contributed by atoms with van der Waals surface area (Å²) in [6.07, 6.45) is 5.31. The van der Waals surface area contributed by atoms with Crippen LogP contribution in [0.5, 0.6) is 0 Å². The van der Waals surface area contributed by atoms with Crippen molar-refractivity contribution in [1.82, 2.24) is 4.90 Å². The predicted octanol–water partition coefficient (Wildman–Crippen LogP) is 2.23. The average Bonchev–Trinajstić information content (AvgIpc) is 2.18. The molecule has 0 bridgehead atoms. The molecule has 84 valence electrons. The van der Waals surface area contributed by atoms with E-state index >= 15 is 0 Å². The zero-order chi connectivity index (χ0) is 10.6. The summed E-state index contributed by atoms with van der Waals surface area (Å²) in [5.74, 6) is 0.621. The first-order chi connectivity index (χ1) is 6.65. The van der Waals surface area contributed by atoms with Crippen molar-refractivity contribution in [3.63, 3.8) is 0 Å². The summed E-state index contributed by atoms with van der Waals surface area (Å²) in [5, 5.41) is 0. The molecule has 1 rings (SSSR count). The van der Waals surface area contributed by atoms with Gasteiger partial charge in [-0.05, 0) is 38.3 Å². The minimum absolute atomic E-state index is 0.382. The van der Waals surface area contributed by atoms with E-state index in [1.807, 2.05) is 0 Å². The lowest BCUT2D eigenvalue weighted by atomic mass is 9.91. The number of hydrogen-bond donors (Lipinski definition) is 1. The molecule has 0 aromatic rings. The van der Waals surface area contributed by atoms with Crippen LogP contribution < -0.4 is 5.73 Å². The third kappa shape index (κ3) is 3.25. The summed E-state index contributed by atoms with van der Waals surface area (Å²) in [7, 11) is 0. The maximum Gasteiger partial charge on any atom is 0.0110 e. The van der Waals surface area contributed by atoms with Crippen LogP contribution in [-0.4, -0.2) is 30.1 Å². The molecule has 0 aliphatic carbocycles. The molecule has 0 aromatic carbocycles. The lowest BCUT2D eigenvalue weighted by Crippen LogP contribution is -2.43. The minimum atomic E-state index is 0.382. The van der Waals surface area contributed by atoms with Crippen LogP contribution in [0.4, 0.5) is 0 Å². The number of piperidine rings is 1. The first-order valence-corrected chi connectivity index (χ1v) is 6.14. The Morgan fingerprint density at radius 3 is 2.64 bits per heavy atom. The molecule has 0 aromatic heterocycles. The topological polar surface area (TPSA) is 29.3 Å². The Hall–Kier alpha value is -0.0800. The molecular formula is C12H26N2. The van der Waals surface area contributed by atoms with Gasteiger partial charge in [-0.2, -0.15) is 0 Å². The maximum absolute atomic E-state index is 6.14.